The van der Waals surface area contributed by atoms with E-state index >= 15 is 0 Å². The standard InChI is InChI=1S/C17H25FN2O/c1-17(2,3)16(21)20-12-10-19(11-13-20)9-8-14-6-4-5-7-15(14)18/h4-7H,8-13H2,1-3H3. The van der Waals surface area contributed by atoms with Crippen LogP contribution in [-0.2, 0) is 11.2 Å². The van der Waals surface area contributed by atoms with E-state index in [1.54, 1.807) is 6.07 Å². The van der Waals surface area contributed by atoms with Gasteiger partial charge >= 0.3 is 0 Å². The highest BCUT2D eigenvalue weighted by atomic mass is 19.1. The summed E-state index contributed by atoms with van der Waals surface area (Å²) in [6.45, 7) is 10.0. The molecule has 0 aliphatic carbocycles. The Labute approximate surface area is 126 Å². The van der Waals surface area contributed by atoms with Crippen LogP contribution >= 0.6 is 0 Å². The van der Waals surface area contributed by atoms with Crippen LogP contribution in [0.2, 0.25) is 0 Å². The van der Waals surface area contributed by atoms with Crippen LogP contribution in [0.3, 0.4) is 0 Å². The molecular weight excluding hydrogens is 267 g/mol. The minimum absolute atomic E-state index is 0.126. The van der Waals surface area contributed by atoms with Gasteiger partial charge < -0.3 is 4.90 Å². The van der Waals surface area contributed by atoms with Crippen molar-refractivity contribution in [3.63, 3.8) is 0 Å². The highest BCUT2D eigenvalue weighted by Gasteiger charge is 2.29. The number of amides is 1. The maximum Gasteiger partial charge on any atom is 0.228 e. The minimum atomic E-state index is -0.310. The van der Waals surface area contributed by atoms with Gasteiger partial charge in [-0.2, -0.15) is 0 Å². The third kappa shape index (κ3) is 4.27. The molecule has 0 aromatic heterocycles. The van der Waals surface area contributed by atoms with Crippen molar-refractivity contribution in [2.45, 2.75) is 27.2 Å². The molecule has 1 aromatic carbocycles. The predicted molar refractivity (Wildman–Crippen MR) is 82.6 cm³/mol. The summed E-state index contributed by atoms with van der Waals surface area (Å²) >= 11 is 0. The molecule has 0 bridgehead atoms. The van der Waals surface area contributed by atoms with Gasteiger partial charge in [-0.15, -0.1) is 0 Å². The van der Waals surface area contributed by atoms with E-state index in [0.29, 0.717) is 0 Å². The van der Waals surface area contributed by atoms with Crippen molar-refractivity contribution in [2.75, 3.05) is 32.7 Å². The molecule has 21 heavy (non-hydrogen) atoms. The average Bonchev–Trinajstić information content (AvgIpc) is 2.45. The van der Waals surface area contributed by atoms with Gasteiger partial charge in [-0.25, -0.2) is 4.39 Å². The largest absolute Gasteiger partial charge is 0.340 e. The zero-order chi connectivity index (χ0) is 15.5. The van der Waals surface area contributed by atoms with Gasteiger partial charge in [0.2, 0.25) is 5.91 Å². The summed E-state index contributed by atoms with van der Waals surface area (Å²) in [5, 5.41) is 0. The van der Waals surface area contributed by atoms with Crippen molar-refractivity contribution in [3.05, 3.63) is 35.6 Å². The van der Waals surface area contributed by atoms with Crippen molar-refractivity contribution in [1.82, 2.24) is 9.80 Å². The van der Waals surface area contributed by atoms with Crippen molar-refractivity contribution in [2.24, 2.45) is 5.41 Å². The van der Waals surface area contributed by atoms with E-state index in [-0.39, 0.29) is 17.1 Å². The van der Waals surface area contributed by atoms with Crippen LogP contribution in [0.1, 0.15) is 26.3 Å². The van der Waals surface area contributed by atoms with Crippen LogP contribution in [0, 0.1) is 11.2 Å². The third-order valence-electron chi connectivity index (χ3n) is 3.96. The Hall–Kier alpha value is -1.42. The van der Waals surface area contributed by atoms with E-state index in [1.807, 2.05) is 37.8 Å². The number of hydrogen-bond donors (Lipinski definition) is 0. The van der Waals surface area contributed by atoms with Gasteiger partial charge in [0, 0.05) is 38.1 Å². The molecule has 1 saturated heterocycles. The van der Waals surface area contributed by atoms with Crippen molar-refractivity contribution >= 4 is 5.91 Å². The summed E-state index contributed by atoms with van der Waals surface area (Å²) in [4.78, 5) is 16.5. The summed E-state index contributed by atoms with van der Waals surface area (Å²) < 4.78 is 13.6. The number of rotatable bonds is 3. The maximum absolute atomic E-state index is 13.6. The molecule has 1 amide bonds. The molecule has 0 radical (unpaired) electrons. The quantitative estimate of drug-likeness (QED) is 0.855. The zero-order valence-electron chi connectivity index (χ0n) is 13.2. The van der Waals surface area contributed by atoms with Gasteiger partial charge in [-0.05, 0) is 18.1 Å². The molecule has 0 saturated carbocycles. The first-order valence-corrected chi connectivity index (χ1v) is 7.63. The molecule has 1 aliphatic heterocycles. The fraction of sp³-hybridized carbons (Fsp3) is 0.588. The monoisotopic (exact) mass is 292 g/mol. The lowest BCUT2D eigenvalue weighted by molar-refractivity contribution is -0.141. The summed E-state index contributed by atoms with van der Waals surface area (Å²) in [5.41, 5.74) is 0.459. The number of carbonyl (C=O) groups is 1. The van der Waals surface area contributed by atoms with Gasteiger partial charge in [0.25, 0.3) is 0 Å². The Morgan fingerprint density at radius 1 is 1.14 bits per heavy atom. The van der Waals surface area contributed by atoms with E-state index in [1.165, 1.54) is 6.07 Å². The summed E-state index contributed by atoms with van der Waals surface area (Å²) in [5.74, 6) is 0.0929. The predicted octanol–water partition coefficient (Wildman–Crippen LogP) is 2.56. The van der Waals surface area contributed by atoms with Gasteiger partial charge in [-0.1, -0.05) is 39.0 Å². The number of hydrogen-bond acceptors (Lipinski definition) is 2. The SMILES string of the molecule is CC(C)(C)C(=O)N1CCN(CCc2ccccc2F)CC1. The average molecular weight is 292 g/mol. The molecule has 1 fully saturated rings. The Balaban J connectivity index is 1.80. The lowest BCUT2D eigenvalue weighted by Crippen LogP contribution is -2.51. The van der Waals surface area contributed by atoms with E-state index in [9.17, 15) is 9.18 Å². The molecular formula is C17H25FN2O. The first-order chi connectivity index (χ1) is 9.88. The fourth-order valence-corrected chi connectivity index (χ4v) is 2.63. The van der Waals surface area contributed by atoms with E-state index < -0.39 is 0 Å². The second-order valence-electron chi connectivity index (χ2n) is 6.73. The summed E-state index contributed by atoms with van der Waals surface area (Å²) in [6, 6.07) is 6.94. The fourth-order valence-electron chi connectivity index (χ4n) is 2.63. The normalized spacial score (nSPS) is 17.0. The summed E-state index contributed by atoms with van der Waals surface area (Å²) in [7, 11) is 0. The van der Waals surface area contributed by atoms with Gasteiger partial charge in [0.15, 0.2) is 0 Å². The third-order valence-corrected chi connectivity index (χ3v) is 3.96. The lowest BCUT2D eigenvalue weighted by Gasteiger charge is -2.37. The number of halogens is 1. The molecule has 4 heteroatoms. The van der Waals surface area contributed by atoms with E-state index in [0.717, 1.165) is 44.7 Å². The van der Waals surface area contributed by atoms with Gasteiger partial charge in [-0.3, -0.25) is 9.69 Å². The Morgan fingerprint density at radius 2 is 1.76 bits per heavy atom. The molecule has 1 aliphatic rings. The van der Waals surface area contributed by atoms with Crippen molar-refractivity contribution in [1.29, 1.82) is 0 Å². The molecule has 1 heterocycles. The van der Waals surface area contributed by atoms with Gasteiger partial charge in [0.1, 0.15) is 5.82 Å². The van der Waals surface area contributed by atoms with Crippen LogP contribution < -0.4 is 0 Å². The lowest BCUT2D eigenvalue weighted by atomic mass is 9.94. The van der Waals surface area contributed by atoms with E-state index in [2.05, 4.69) is 4.90 Å². The van der Waals surface area contributed by atoms with Crippen LogP contribution in [0.4, 0.5) is 4.39 Å². The van der Waals surface area contributed by atoms with Crippen molar-refractivity contribution < 1.29 is 9.18 Å². The minimum Gasteiger partial charge on any atom is -0.340 e. The first-order valence-electron chi connectivity index (χ1n) is 7.63. The van der Waals surface area contributed by atoms with Crippen LogP contribution in [0.25, 0.3) is 0 Å². The number of nitrogens with zero attached hydrogens (tertiary/aromatic N) is 2. The highest BCUT2D eigenvalue weighted by Crippen LogP contribution is 2.18. The molecule has 0 N–H and O–H groups in total. The molecule has 2 rings (SSSR count). The Morgan fingerprint density at radius 3 is 2.33 bits per heavy atom. The highest BCUT2D eigenvalue weighted by molar-refractivity contribution is 5.81. The molecule has 3 nitrogen and oxygen atoms in total. The van der Waals surface area contributed by atoms with E-state index in [4.69, 9.17) is 0 Å². The van der Waals surface area contributed by atoms with Gasteiger partial charge in [0.05, 0.1) is 0 Å². The topological polar surface area (TPSA) is 23.6 Å². The smallest absolute Gasteiger partial charge is 0.228 e. The molecule has 0 spiro atoms. The molecule has 116 valence electrons. The summed E-state index contributed by atoms with van der Waals surface area (Å²) in [6.07, 6.45) is 0.722. The Bertz CT molecular complexity index is 488. The Kier molecular flexibility index (Phi) is 4.99. The number of carbonyl (C=O) groups excluding carboxylic acids is 1. The second-order valence-corrected chi connectivity index (χ2v) is 6.73. The maximum atomic E-state index is 13.6. The second kappa shape index (κ2) is 6.56. The number of benzene rings is 1. The molecule has 0 unspecified atom stereocenters. The molecule has 1 aromatic rings. The zero-order valence-corrected chi connectivity index (χ0v) is 13.2. The molecule has 0 atom stereocenters. The van der Waals surface area contributed by atoms with Crippen LogP contribution in [0.5, 0.6) is 0 Å². The van der Waals surface area contributed by atoms with Crippen LogP contribution in [-0.4, -0.2) is 48.4 Å². The van der Waals surface area contributed by atoms with Crippen LogP contribution in [0.15, 0.2) is 24.3 Å². The first kappa shape index (κ1) is 16.0. The number of piperazine rings is 1. The van der Waals surface area contributed by atoms with Crippen molar-refractivity contribution in [3.8, 4) is 0 Å².